The van der Waals surface area contributed by atoms with Gasteiger partial charge in [-0.3, -0.25) is 0 Å². The first-order chi connectivity index (χ1) is 5.13. The summed E-state index contributed by atoms with van der Waals surface area (Å²) in [5, 5.41) is 9.56. The number of hydrogen-bond acceptors (Lipinski definition) is 3. The van der Waals surface area contributed by atoms with Crippen LogP contribution >= 0.6 is 23.2 Å². The Labute approximate surface area is 71.6 Å². The molecule has 11 heavy (non-hydrogen) atoms. The maximum absolute atomic E-state index is 9.17. The molecule has 3 nitrogen and oxygen atoms in total. The fraction of sp³-hybridized carbons (Fsp3) is 0. The van der Waals surface area contributed by atoms with Crippen LogP contribution in [0.3, 0.4) is 0 Å². The van der Waals surface area contributed by atoms with Gasteiger partial charge in [0.1, 0.15) is 15.7 Å². The van der Waals surface area contributed by atoms with E-state index >= 15 is 0 Å². The molecule has 0 saturated carbocycles. The first kappa shape index (κ1) is 6.88. The number of nitrogen functional groups attached to an aromatic ring is 1. The zero-order chi connectivity index (χ0) is 8.17. The molecular weight excluding hydrogens is 189 g/mol. The maximum Gasteiger partial charge on any atom is 0.195 e. The highest BCUT2D eigenvalue weighted by atomic mass is 35.5. The second-order valence-corrected chi connectivity index (χ2v) is 2.91. The summed E-state index contributed by atoms with van der Waals surface area (Å²) in [7, 11) is 0. The average Bonchev–Trinajstić information content (AvgIpc) is 2.40. The van der Waals surface area contributed by atoms with E-state index in [0.717, 1.165) is 0 Å². The second kappa shape index (κ2) is 1.87. The number of furan rings is 2. The molecule has 2 heterocycles. The number of halogens is 2. The van der Waals surface area contributed by atoms with E-state index in [-0.39, 0.29) is 32.6 Å². The molecule has 0 saturated heterocycles. The molecule has 3 N–H and O–H groups in total. The highest BCUT2D eigenvalue weighted by Gasteiger charge is 2.23. The van der Waals surface area contributed by atoms with Gasteiger partial charge in [0, 0.05) is 0 Å². The van der Waals surface area contributed by atoms with Gasteiger partial charge in [0.2, 0.25) is 0 Å². The summed E-state index contributed by atoms with van der Waals surface area (Å²) in [5.74, 6) is -0.136. The Hall–Kier alpha value is -0.800. The Morgan fingerprint density at radius 3 is 2.27 bits per heavy atom. The number of hydrogen-bond donors (Lipinski definition) is 2. The number of phenols is 1. The number of benzene rings is 1. The normalized spacial score (nSPS) is 11.5. The Morgan fingerprint density at radius 2 is 1.82 bits per heavy atom. The first-order valence-corrected chi connectivity index (χ1v) is 3.55. The molecule has 0 aliphatic heterocycles. The van der Waals surface area contributed by atoms with Gasteiger partial charge in [-0.25, -0.2) is 0 Å². The molecule has 5 heteroatoms. The van der Waals surface area contributed by atoms with Crippen molar-refractivity contribution in [1.29, 1.82) is 0 Å². The van der Waals surface area contributed by atoms with Gasteiger partial charge in [0.25, 0.3) is 0 Å². The summed E-state index contributed by atoms with van der Waals surface area (Å²) in [4.78, 5) is 0. The lowest BCUT2D eigenvalue weighted by atomic mass is 10.3. The summed E-state index contributed by atoms with van der Waals surface area (Å²) in [6.07, 6.45) is 0. The monoisotopic (exact) mass is 191 g/mol. The van der Waals surface area contributed by atoms with Gasteiger partial charge in [0.05, 0.1) is 0 Å². The molecule has 0 aliphatic rings. The number of phenolic OH excluding ortho intramolecular Hbond substituents is 1. The van der Waals surface area contributed by atoms with Gasteiger partial charge in [-0.05, 0) is 0 Å². The predicted octanol–water partition coefficient (Wildman–Crippen LogP) is 2.47. The second-order valence-electron chi connectivity index (χ2n) is 2.15. The van der Waals surface area contributed by atoms with E-state index < -0.39 is 0 Å². The fourth-order valence-corrected chi connectivity index (χ4v) is 1.43. The number of rotatable bonds is 0. The minimum atomic E-state index is -0.136. The number of fused-ring (bicyclic) bond motifs is 2. The van der Waals surface area contributed by atoms with E-state index in [1.165, 1.54) is 0 Å². The van der Waals surface area contributed by atoms with Crippen LogP contribution in [0.1, 0.15) is 0 Å². The Kier molecular flexibility index (Phi) is 1.17. The molecule has 0 aromatic carbocycles. The van der Waals surface area contributed by atoms with Crippen molar-refractivity contribution in [1.82, 2.24) is 0 Å². The van der Waals surface area contributed by atoms with E-state index in [9.17, 15) is 0 Å². The molecule has 58 valence electrons. The predicted molar refractivity (Wildman–Crippen MR) is 43.5 cm³/mol. The standard InChI is InChI=1S/C6H3Cl2NO2/c7-1-3(9)6-4(10)2(8)5(1)11-6/h10H,9H2. The SMILES string of the molecule is Nc1c(Cl)c2oc1c(O)c2Cl. The summed E-state index contributed by atoms with van der Waals surface area (Å²) in [5.41, 5.74) is 6.08. The third kappa shape index (κ3) is 0.645. The van der Waals surface area contributed by atoms with E-state index in [1.54, 1.807) is 0 Å². The smallest absolute Gasteiger partial charge is 0.195 e. The fourth-order valence-electron chi connectivity index (χ4n) is 0.948. The van der Waals surface area contributed by atoms with Crippen LogP contribution in [0.25, 0.3) is 11.2 Å². The lowest BCUT2D eigenvalue weighted by Gasteiger charge is -1.93. The highest BCUT2D eigenvalue weighted by molar-refractivity contribution is 6.44. The van der Waals surface area contributed by atoms with E-state index in [2.05, 4.69) is 0 Å². The van der Waals surface area contributed by atoms with Crippen LogP contribution < -0.4 is 5.73 Å². The van der Waals surface area contributed by atoms with Crippen LogP contribution in [-0.4, -0.2) is 5.11 Å². The third-order valence-corrected chi connectivity index (χ3v) is 2.23. The van der Waals surface area contributed by atoms with Gasteiger partial charge in [-0.1, -0.05) is 23.2 Å². The molecule has 0 spiro atoms. The topological polar surface area (TPSA) is 59.4 Å². The molecule has 2 aromatic rings. The first-order valence-electron chi connectivity index (χ1n) is 2.80. The summed E-state index contributed by atoms with van der Waals surface area (Å²) in [6.45, 7) is 0. The molecule has 0 fully saturated rings. The molecule has 2 bridgehead atoms. The maximum atomic E-state index is 9.17. The van der Waals surface area contributed by atoms with Crippen LogP contribution in [0, 0.1) is 0 Å². The van der Waals surface area contributed by atoms with E-state index in [4.69, 9.17) is 38.5 Å². The van der Waals surface area contributed by atoms with Crippen molar-refractivity contribution in [2.75, 3.05) is 5.73 Å². The van der Waals surface area contributed by atoms with Gasteiger partial charge in [0.15, 0.2) is 16.9 Å². The molecule has 2 aromatic heterocycles. The van der Waals surface area contributed by atoms with Crippen LogP contribution in [0.2, 0.25) is 10.0 Å². The molecule has 0 radical (unpaired) electrons. The van der Waals surface area contributed by atoms with Crippen LogP contribution in [0.5, 0.6) is 5.75 Å². The number of aromatic hydroxyl groups is 1. The lowest BCUT2D eigenvalue weighted by Crippen LogP contribution is -1.83. The minimum absolute atomic E-state index is 0.124. The van der Waals surface area contributed by atoms with Gasteiger partial charge >= 0.3 is 0 Å². The van der Waals surface area contributed by atoms with Gasteiger partial charge < -0.3 is 15.3 Å². The summed E-state index contributed by atoms with van der Waals surface area (Å²) >= 11 is 11.3. The third-order valence-electron chi connectivity index (χ3n) is 1.51. The van der Waals surface area contributed by atoms with Gasteiger partial charge in [-0.15, -0.1) is 0 Å². The van der Waals surface area contributed by atoms with Crippen molar-refractivity contribution in [2.24, 2.45) is 0 Å². The molecule has 0 amide bonds. The highest BCUT2D eigenvalue weighted by Crippen LogP contribution is 2.48. The van der Waals surface area contributed by atoms with Crippen molar-refractivity contribution < 1.29 is 9.52 Å². The molecule has 0 unspecified atom stereocenters. The summed E-state index contributed by atoms with van der Waals surface area (Å²) in [6, 6.07) is 0. The average molecular weight is 192 g/mol. The van der Waals surface area contributed by atoms with Crippen LogP contribution in [-0.2, 0) is 0 Å². The van der Waals surface area contributed by atoms with Crippen molar-refractivity contribution in [3.05, 3.63) is 10.0 Å². The van der Waals surface area contributed by atoms with E-state index in [1.807, 2.05) is 0 Å². The van der Waals surface area contributed by atoms with Crippen molar-refractivity contribution in [3.8, 4) is 5.75 Å². The Morgan fingerprint density at radius 1 is 1.18 bits per heavy atom. The molecular formula is C6H3Cl2NO2. The zero-order valence-corrected chi connectivity index (χ0v) is 6.70. The van der Waals surface area contributed by atoms with Crippen LogP contribution in [0.15, 0.2) is 4.42 Å². The quantitative estimate of drug-likeness (QED) is 0.630. The molecule has 0 atom stereocenters. The Bertz CT molecular complexity index is 340. The molecule has 2 rings (SSSR count). The molecule has 0 aliphatic carbocycles. The number of anilines is 1. The minimum Gasteiger partial charge on any atom is -0.503 e. The largest absolute Gasteiger partial charge is 0.503 e. The van der Waals surface area contributed by atoms with Crippen LogP contribution in [0.4, 0.5) is 5.69 Å². The number of nitrogens with two attached hydrogens (primary N) is 1. The van der Waals surface area contributed by atoms with Gasteiger partial charge in [-0.2, -0.15) is 0 Å². The van der Waals surface area contributed by atoms with Crippen molar-refractivity contribution >= 4 is 40.1 Å². The van der Waals surface area contributed by atoms with E-state index in [0.29, 0.717) is 0 Å². The Balaban J connectivity index is 2.98. The lowest BCUT2D eigenvalue weighted by molar-refractivity contribution is 0.477. The zero-order valence-electron chi connectivity index (χ0n) is 5.19. The van der Waals surface area contributed by atoms with Crippen molar-refractivity contribution in [2.45, 2.75) is 0 Å². The van der Waals surface area contributed by atoms with Crippen molar-refractivity contribution in [3.63, 3.8) is 0 Å². The summed E-state index contributed by atoms with van der Waals surface area (Å²) < 4.78 is 4.97.